The van der Waals surface area contributed by atoms with Gasteiger partial charge in [0.2, 0.25) is 0 Å². The first-order chi connectivity index (χ1) is 4.36. The second-order valence-corrected chi connectivity index (χ2v) is 2.04. The van der Waals surface area contributed by atoms with Crippen LogP contribution in [0.3, 0.4) is 0 Å². The highest BCUT2D eigenvalue weighted by Crippen LogP contribution is 2.16. The number of rotatable bonds is 1. The highest BCUT2D eigenvalue weighted by Gasteiger charge is 1.97. The van der Waals surface area contributed by atoms with E-state index in [2.05, 4.69) is 6.92 Å². The van der Waals surface area contributed by atoms with Crippen LogP contribution in [-0.4, -0.2) is 5.11 Å². The number of hydrogen-bond donors (Lipinski definition) is 1. The Bertz CT molecular complexity index is 185. The Morgan fingerprint density at radius 1 is 1.56 bits per heavy atom. The van der Waals surface area contributed by atoms with Gasteiger partial charge in [-0.1, -0.05) is 19.1 Å². The molecule has 1 aliphatic carbocycles. The zero-order valence-electron chi connectivity index (χ0n) is 5.46. The highest BCUT2D eigenvalue weighted by molar-refractivity contribution is 5.44. The minimum absolute atomic E-state index is 0.895. The molecule has 0 aromatic heterocycles. The molecular weight excluding hydrogens is 112 g/mol. The third kappa shape index (κ3) is 1.22. The summed E-state index contributed by atoms with van der Waals surface area (Å²) in [6.07, 6.45) is 8.05. The molecule has 1 heteroatoms. The van der Waals surface area contributed by atoms with E-state index in [9.17, 15) is 0 Å². The summed E-state index contributed by atoms with van der Waals surface area (Å²) < 4.78 is 0. The third-order valence-electron chi connectivity index (χ3n) is 1.40. The van der Waals surface area contributed by atoms with Crippen molar-refractivity contribution in [1.29, 1.82) is 0 Å². The monoisotopic (exact) mass is 122 g/mol. The van der Waals surface area contributed by atoms with Gasteiger partial charge in [-0.2, -0.15) is 0 Å². The van der Waals surface area contributed by atoms with Crippen molar-refractivity contribution in [2.75, 3.05) is 0 Å². The van der Waals surface area contributed by atoms with Crippen LogP contribution in [0.5, 0.6) is 0 Å². The van der Waals surface area contributed by atoms with Crippen LogP contribution < -0.4 is 0 Å². The Labute approximate surface area is 55.0 Å². The summed E-state index contributed by atoms with van der Waals surface area (Å²) in [6.45, 7) is 2.09. The van der Waals surface area contributed by atoms with Crippen LogP contribution in [0.25, 0.3) is 0 Å². The molecule has 0 aromatic carbocycles. The van der Waals surface area contributed by atoms with Crippen molar-refractivity contribution in [1.82, 2.24) is 0 Å². The van der Waals surface area contributed by atoms with E-state index in [1.54, 1.807) is 0 Å². The topological polar surface area (TPSA) is 20.2 Å². The summed E-state index contributed by atoms with van der Waals surface area (Å²) in [5.41, 5.74) is 2.17. The van der Waals surface area contributed by atoms with E-state index in [-0.39, 0.29) is 0 Å². The average Bonchev–Trinajstić information content (AvgIpc) is 2.34. The smallest absolute Gasteiger partial charge is 0.0864 e. The number of hydrogen-bond acceptors (Lipinski definition) is 1. The lowest BCUT2D eigenvalue weighted by atomic mass is 10.2. The zero-order chi connectivity index (χ0) is 6.69. The molecule has 1 rings (SSSR count). The number of allylic oxidation sites excluding steroid dienone is 5. The maximum Gasteiger partial charge on any atom is 0.0864 e. The maximum atomic E-state index is 8.52. The van der Waals surface area contributed by atoms with E-state index in [4.69, 9.17) is 5.11 Å². The Balaban J connectivity index is 2.74. The van der Waals surface area contributed by atoms with Crippen molar-refractivity contribution in [3.05, 3.63) is 35.6 Å². The summed E-state index contributed by atoms with van der Waals surface area (Å²) in [5.74, 6) is 0. The first kappa shape index (κ1) is 6.14. The Hall–Kier alpha value is -0.980. The van der Waals surface area contributed by atoms with Crippen LogP contribution in [0.2, 0.25) is 0 Å². The maximum absolute atomic E-state index is 8.52. The summed E-state index contributed by atoms with van der Waals surface area (Å²) in [5, 5.41) is 8.52. The van der Waals surface area contributed by atoms with Crippen molar-refractivity contribution in [3.8, 4) is 0 Å². The summed E-state index contributed by atoms with van der Waals surface area (Å²) in [4.78, 5) is 0. The quantitative estimate of drug-likeness (QED) is 0.529. The normalized spacial score (nSPS) is 21.0. The average molecular weight is 122 g/mol. The molecule has 1 N–H and O–H groups in total. The lowest BCUT2D eigenvalue weighted by Crippen LogP contribution is -1.67. The van der Waals surface area contributed by atoms with Crippen LogP contribution >= 0.6 is 0 Å². The standard InChI is InChI=1S/C8H10O/c1-2-7-3-4-8(5-7)6-9/h3-6,9H,2H2,1H3/b8-6-. The second kappa shape index (κ2) is 2.53. The molecule has 1 nitrogen and oxygen atoms in total. The minimum Gasteiger partial charge on any atom is -0.515 e. The van der Waals surface area contributed by atoms with Crippen molar-refractivity contribution < 1.29 is 5.11 Å². The van der Waals surface area contributed by atoms with Crippen LogP contribution in [0.4, 0.5) is 0 Å². The summed E-state index contributed by atoms with van der Waals surface area (Å²) >= 11 is 0. The molecule has 9 heavy (non-hydrogen) atoms. The Morgan fingerprint density at radius 3 is 2.67 bits per heavy atom. The first-order valence-electron chi connectivity index (χ1n) is 3.10. The molecule has 0 saturated heterocycles. The van der Waals surface area contributed by atoms with Crippen molar-refractivity contribution in [3.63, 3.8) is 0 Å². The largest absolute Gasteiger partial charge is 0.515 e. The van der Waals surface area contributed by atoms with Crippen molar-refractivity contribution in [2.45, 2.75) is 13.3 Å². The molecule has 0 heterocycles. The fourth-order valence-corrected chi connectivity index (χ4v) is 0.814. The Morgan fingerprint density at radius 2 is 2.33 bits per heavy atom. The van der Waals surface area contributed by atoms with E-state index in [1.807, 2.05) is 18.2 Å². The summed E-state index contributed by atoms with van der Waals surface area (Å²) in [7, 11) is 0. The van der Waals surface area contributed by atoms with Crippen LogP contribution in [0, 0.1) is 0 Å². The molecule has 0 atom stereocenters. The van der Waals surface area contributed by atoms with Crippen molar-refractivity contribution >= 4 is 0 Å². The number of aliphatic hydroxyl groups excluding tert-OH is 1. The highest BCUT2D eigenvalue weighted by atomic mass is 16.2. The van der Waals surface area contributed by atoms with Gasteiger partial charge in [0.25, 0.3) is 0 Å². The van der Waals surface area contributed by atoms with E-state index in [0.717, 1.165) is 18.3 Å². The second-order valence-electron chi connectivity index (χ2n) is 2.04. The van der Waals surface area contributed by atoms with E-state index >= 15 is 0 Å². The SMILES string of the molecule is CCC1=C/C(=C\O)C=C1. The zero-order valence-corrected chi connectivity index (χ0v) is 5.46. The molecule has 0 unspecified atom stereocenters. The fraction of sp³-hybridized carbons (Fsp3) is 0.250. The van der Waals surface area contributed by atoms with E-state index in [1.165, 1.54) is 5.57 Å². The van der Waals surface area contributed by atoms with Crippen molar-refractivity contribution in [2.24, 2.45) is 0 Å². The van der Waals surface area contributed by atoms with Gasteiger partial charge in [0.05, 0.1) is 6.26 Å². The predicted octanol–water partition coefficient (Wildman–Crippen LogP) is 2.33. The molecule has 0 aromatic rings. The molecule has 1 aliphatic rings. The molecular formula is C8H10O. The van der Waals surface area contributed by atoms with Gasteiger partial charge < -0.3 is 5.11 Å². The molecule has 0 fully saturated rings. The predicted molar refractivity (Wildman–Crippen MR) is 38.2 cm³/mol. The number of aliphatic hydroxyl groups is 1. The third-order valence-corrected chi connectivity index (χ3v) is 1.40. The molecule has 0 aliphatic heterocycles. The van der Waals surface area contributed by atoms with Gasteiger partial charge in [-0.25, -0.2) is 0 Å². The van der Waals surface area contributed by atoms with Gasteiger partial charge in [0, 0.05) is 5.57 Å². The molecule has 0 amide bonds. The first-order valence-corrected chi connectivity index (χ1v) is 3.10. The van der Waals surface area contributed by atoms with E-state index < -0.39 is 0 Å². The van der Waals surface area contributed by atoms with Gasteiger partial charge >= 0.3 is 0 Å². The summed E-state index contributed by atoms with van der Waals surface area (Å²) in [6, 6.07) is 0. The van der Waals surface area contributed by atoms with Crippen LogP contribution in [-0.2, 0) is 0 Å². The fourth-order valence-electron chi connectivity index (χ4n) is 0.814. The molecule has 0 spiro atoms. The van der Waals surface area contributed by atoms with Gasteiger partial charge in [0.15, 0.2) is 0 Å². The molecule has 48 valence electrons. The van der Waals surface area contributed by atoms with Gasteiger partial charge in [0.1, 0.15) is 0 Å². The van der Waals surface area contributed by atoms with Crippen LogP contribution in [0.15, 0.2) is 35.6 Å². The van der Waals surface area contributed by atoms with Gasteiger partial charge in [-0.05, 0) is 18.1 Å². The minimum atomic E-state index is 0.895. The lowest BCUT2D eigenvalue weighted by Gasteiger charge is -1.85. The molecule has 0 bridgehead atoms. The van der Waals surface area contributed by atoms with Gasteiger partial charge in [-0.3, -0.25) is 0 Å². The molecule has 0 saturated carbocycles. The van der Waals surface area contributed by atoms with Crippen LogP contribution in [0.1, 0.15) is 13.3 Å². The molecule has 0 radical (unpaired) electrons. The van der Waals surface area contributed by atoms with E-state index in [0.29, 0.717) is 0 Å². The lowest BCUT2D eigenvalue weighted by molar-refractivity contribution is 0.471. The Kier molecular flexibility index (Phi) is 1.73. The van der Waals surface area contributed by atoms with Gasteiger partial charge in [-0.15, -0.1) is 0 Å².